The predicted octanol–water partition coefficient (Wildman–Crippen LogP) is 11.4. The van der Waals surface area contributed by atoms with Gasteiger partial charge in [0.15, 0.2) is 0 Å². The van der Waals surface area contributed by atoms with E-state index in [1.165, 1.54) is 11.1 Å². The minimum Gasteiger partial charge on any atom is -0.311 e. The Morgan fingerprint density at radius 3 is 0.881 bits per heavy atom. The van der Waals surface area contributed by atoms with Gasteiger partial charge >= 0.3 is 0 Å². The Balaban J connectivity index is 1.23. The zero-order chi connectivity index (χ0) is 28.7. The Morgan fingerprint density at radius 1 is 0.310 bits per heavy atom. The molecule has 0 amide bonds. The lowest BCUT2D eigenvalue weighted by Gasteiger charge is -2.25. The zero-order valence-corrected chi connectivity index (χ0v) is 24.1. The molecule has 0 N–H and O–H groups in total. The van der Waals surface area contributed by atoms with Gasteiger partial charge in [0.25, 0.3) is 0 Å². The fraction of sp³-hybridized carbons (Fsp3) is 0.0500. The Bertz CT molecular complexity index is 1600. The maximum absolute atomic E-state index is 2.29. The first-order valence-corrected chi connectivity index (χ1v) is 14.4. The van der Waals surface area contributed by atoms with E-state index in [0.29, 0.717) is 0 Å². The van der Waals surface area contributed by atoms with Crippen LogP contribution in [0.2, 0.25) is 0 Å². The standard InChI is InChI=1S/C40H34N2/c1-31-13-23-37(24-14-31)41(35-9-5-3-6-10-35)39-27-19-33(20-28-39)17-18-34-21-29-40(30-22-34)42(36-11-7-4-8-12-36)38-25-15-32(2)16-26-38/h3-30H,1-2H3. The Morgan fingerprint density at radius 2 is 0.571 bits per heavy atom. The molecule has 2 nitrogen and oxygen atoms in total. The van der Waals surface area contributed by atoms with Crippen LogP contribution in [0.25, 0.3) is 12.2 Å². The Hall–Kier alpha value is -5.34. The van der Waals surface area contributed by atoms with Gasteiger partial charge in [0.2, 0.25) is 0 Å². The van der Waals surface area contributed by atoms with Crippen LogP contribution in [0.3, 0.4) is 0 Å². The van der Waals surface area contributed by atoms with Crippen LogP contribution in [0, 0.1) is 13.8 Å². The lowest BCUT2D eigenvalue weighted by molar-refractivity contribution is 1.27. The Kier molecular flexibility index (Phi) is 7.96. The molecule has 0 fully saturated rings. The van der Waals surface area contributed by atoms with Gasteiger partial charge in [-0.15, -0.1) is 0 Å². The normalized spacial score (nSPS) is 11.0. The molecule has 42 heavy (non-hydrogen) atoms. The highest BCUT2D eigenvalue weighted by molar-refractivity contribution is 5.80. The van der Waals surface area contributed by atoms with E-state index in [0.717, 1.165) is 45.3 Å². The molecule has 0 bridgehead atoms. The fourth-order valence-corrected chi connectivity index (χ4v) is 5.10. The maximum atomic E-state index is 2.29. The summed E-state index contributed by atoms with van der Waals surface area (Å²) < 4.78 is 0. The summed E-state index contributed by atoms with van der Waals surface area (Å²) in [6, 6.07) is 55.9. The topological polar surface area (TPSA) is 6.48 Å². The summed E-state index contributed by atoms with van der Waals surface area (Å²) in [6.45, 7) is 4.24. The molecular weight excluding hydrogens is 508 g/mol. The lowest BCUT2D eigenvalue weighted by Crippen LogP contribution is -2.09. The van der Waals surface area contributed by atoms with Gasteiger partial charge in [-0.1, -0.05) is 108 Å². The van der Waals surface area contributed by atoms with Crippen molar-refractivity contribution < 1.29 is 0 Å². The fourth-order valence-electron chi connectivity index (χ4n) is 5.10. The first kappa shape index (κ1) is 26.9. The molecular formula is C40H34N2. The minimum atomic E-state index is 1.13. The lowest BCUT2D eigenvalue weighted by atomic mass is 10.1. The van der Waals surface area contributed by atoms with Crippen molar-refractivity contribution in [3.63, 3.8) is 0 Å². The van der Waals surface area contributed by atoms with Gasteiger partial charge in [0.1, 0.15) is 0 Å². The van der Waals surface area contributed by atoms with Crippen molar-refractivity contribution in [1.29, 1.82) is 0 Å². The van der Waals surface area contributed by atoms with Crippen LogP contribution in [-0.2, 0) is 0 Å². The van der Waals surface area contributed by atoms with Crippen molar-refractivity contribution in [3.8, 4) is 0 Å². The van der Waals surface area contributed by atoms with E-state index < -0.39 is 0 Å². The third-order valence-corrected chi connectivity index (χ3v) is 7.38. The van der Waals surface area contributed by atoms with Crippen LogP contribution in [0.4, 0.5) is 34.1 Å². The van der Waals surface area contributed by atoms with Gasteiger partial charge in [0, 0.05) is 34.1 Å². The quantitative estimate of drug-likeness (QED) is 0.176. The molecule has 0 aliphatic carbocycles. The second-order valence-electron chi connectivity index (χ2n) is 10.5. The highest BCUT2D eigenvalue weighted by Gasteiger charge is 2.13. The first-order chi connectivity index (χ1) is 20.6. The van der Waals surface area contributed by atoms with Crippen molar-refractivity contribution >= 4 is 46.3 Å². The molecule has 6 aromatic carbocycles. The zero-order valence-electron chi connectivity index (χ0n) is 24.1. The molecule has 0 spiro atoms. The molecule has 0 unspecified atom stereocenters. The van der Waals surface area contributed by atoms with Crippen LogP contribution in [0.5, 0.6) is 0 Å². The Labute approximate surface area is 249 Å². The third kappa shape index (κ3) is 6.19. The molecule has 0 radical (unpaired) electrons. The first-order valence-electron chi connectivity index (χ1n) is 14.4. The second kappa shape index (κ2) is 12.4. The summed E-state index contributed by atoms with van der Waals surface area (Å²) in [7, 11) is 0. The average Bonchev–Trinajstić information content (AvgIpc) is 3.04. The third-order valence-electron chi connectivity index (χ3n) is 7.38. The van der Waals surface area contributed by atoms with Crippen LogP contribution < -0.4 is 9.80 Å². The predicted molar refractivity (Wildman–Crippen MR) is 181 cm³/mol. The molecule has 6 rings (SSSR count). The van der Waals surface area contributed by atoms with E-state index in [1.54, 1.807) is 0 Å². The van der Waals surface area contributed by atoms with Gasteiger partial charge in [-0.05, 0) is 97.8 Å². The number of para-hydroxylation sites is 2. The second-order valence-corrected chi connectivity index (χ2v) is 10.5. The molecule has 0 aromatic heterocycles. The summed E-state index contributed by atoms with van der Waals surface area (Å²) in [5.74, 6) is 0. The van der Waals surface area contributed by atoms with Crippen LogP contribution in [-0.4, -0.2) is 0 Å². The molecule has 6 aromatic rings. The van der Waals surface area contributed by atoms with E-state index in [2.05, 4.69) is 194 Å². The summed E-state index contributed by atoms with van der Waals surface area (Å²) in [5.41, 5.74) is 11.6. The van der Waals surface area contributed by atoms with Gasteiger partial charge < -0.3 is 9.80 Å². The number of anilines is 6. The van der Waals surface area contributed by atoms with Gasteiger partial charge in [-0.25, -0.2) is 0 Å². The van der Waals surface area contributed by atoms with Crippen LogP contribution in [0.15, 0.2) is 158 Å². The molecule has 2 heteroatoms. The summed E-state index contributed by atoms with van der Waals surface area (Å²) in [5, 5.41) is 0. The largest absolute Gasteiger partial charge is 0.311 e. The molecule has 0 saturated heterocycles. The number of benzene rings is 6. The smallest absolute Gasteiger partial charge is 0.0462 e. The van der Waals surface area contributed by atoms with Crippen molar-refractivity contribution in [2.75, 3.05) is 9.80 Å². The van der Waals surface area contributed by atoms with Gasteiger partial charge in [0.05, 0.1) is 0 Å². The van der Waals surface area contributed by atoms with Crippen molar-refractivity contribution in [1.82, 2.24) is 0 Å². The molecule has 204 valence electrons. The van der Waals surface area contributed by atoms with E-state index in [-0.39, 0.29) is 0 Å². The number of nitrogens with zero attached hydrogens (tertiary/aromatic N) is 2. The van der Waals surface area contributed by atoms with Crippen molar-refractivity contribution in [2.24, 2.45) is 0 Å². The number of hydrogen-bond acceptors (Lipinski definition) is 2. The van der Waals surface area contributed by atoms with Crippen molar-refractivity contribution in [3.05, 3.63) is 180 Å². The summed E-state index contributed by atoms with van der Waals surface area (Å²) in [4.78, 5) is 4.58. The number of hydrogen-bond donors (Lipinski definition) is 0. The van der Waals surface area contributed by atoms with Gasteiger partial charge in [-0.3, -0.25) is 0 Å². The highest BCUT2D eigenvalue weighted by atomic mass is 15.1. The van der Waals surface area contributed by atoms with Crippen molar-refractivity contribution in [2.45, 2.75) is 13.8 Å². The van der Waals surface area contributed by atoms with E-state index in [9.17, 15) is 0 Å². The van der Waals surface area contributed by atoms with E-state index in [4.69, 9.17) is 0 Å². The monoisotopic (exact) mass is 542 g/mol. The number of aryl methyl sites for hydroxylation is 2. The summed E-state index contributed by atoms with van der Waals surface area (Å²) in [6.07, 6.45) is 4.35. The molecule has 0 heterocycles. The molecule has 0 aliphatic heterocycles. The van der Waals surface area contributed by atoms with Gasteiger partial charge in [-0.2, -0.15) is 0 Å². The van der Waals surface area contributed by atoms with Crippen LogP contribution in [0.1, 0.15) is 22.3 Å². The van der Waals surface area contributed by atoms with E-state index >= 15 is 0 Å². The van der Waals surface area contributed by atoms with E-state index in [1.807, 2.05) is 0 Å². The minimum absolute atomic E-state index is 1.13. The number of rotatable bonds is 8. The molecule has 0 saturated carbocycles. The average molecular weight is 543 g/mol. The molecule has 0 aliphatic rings. The highest BCUT2D eigenvalue weighted by Crippen LogP contribution is 2.36. The SMILES string of the molecule is Cc1ccc(N(c2ccccc2)c2ccc(C=Cc3ccc(N(c4ccccc4)c4ccc(C)cc4)cc3)cc2)cc1. The van der Waals surface area contributed by atoms with Crippen LogP contribution >= 0.6 is 0 Å². The maximum Gasteiger partial charge on any atom is 0.0462 e. The summed E-state index contributed by atoms with van der Waals surface area (Å²) >= 11 is 0. The molecule has 0 atom stereocenters.